The van der Waals surface area contributed by atoms with Crippen LogP contribution in [0.25, 0.3) is 0 Å². The van der Waals surface area contributed by atoms with E-state index in [1.807, 2.05) is 61.5 Å². The monoisotopic (exact) mass is 669 g/mol. The Morgan fingerprint density at radius 3 is 2.15 bits per heavy atom. The molecule has 1 aliphatic rings. The van der Waals surface area contributed by atoms with Gasteiger partial charge in [0.2, 0.25) is 11.8 Å². The molecule has 2 amide bonds. The molecule has 0 spiro atoms. The first-order valence-corrected chi connectivity index (χ1v) is 17.6. The van der Waals surface area contributed by atoms with E-state index in [1.54, 1.807) is 30.3 Å². The van der Waals surface area contributed by atoms with E-state index in [0.717, 1.165) is 46.7 Å². The third-order valence-electron chi connectivity index (χ3n) is 8.67. The van der Waals surface area contributed by atoms with E-state index in [9.17, 15) is 18.0 Å². The number of rotatable bonds is 14. The molecule has 1 aliphatic carbocycles. The van der Waals surface area contributed by atoms with E-state index in [1.165, 1.54) is 37.3 Å². The van der Waals surface area contributed by atoms with Crippen LogP contribution in [-0.2, 0) is 32.6 Å². The Kier molecular flexibility index (Phi) is 11.4. The highest BCUT2D eigenvalue weighted by Gasteiger charge is 2.36. The molecule has 0 aromatic heterocycles. The van der Waals surface area contributed by atoms with Crippen molar-refractivity contribution < 1.29 is 27.5 Å². The van der Waals surface area contributed by atoms with Crippen molar-refractivity contribution in [1.82, 2.24) is 10.2 Å². The van der Waals surface area contributed by atoms with Crippen LogP contribution >= 0.6 is 0 Å². The van der Waals surface area contributed by atoms with E-state index < -0.39 is 28.5 Å². The van der Waals surface area contributed by atoms with Gasteiger partial charge in [-0.3, -0.25) is 13.9 Å². The van der Waals surface area contributed by atoms with Crippen LogP contribution in [0.5, 0.6) is 11.5 Å². The van der Waals surface area contributed by atoms with Crippen molar-refractivity contribution in [3.8, 4) is 11.5 Å². The van der Waals surface area contributed by atoms with Crippen molar-refractivity contribution in [3.05, 3.63) is 120 Å². The molecule has 1 saturated carbocycles. The van der Waals surface area contributed by atoms with Gasteiger partial charge in [0, 0.05) is 25.1 Å². The fraction of sp³-hybridized carbons (Fsp3) is 0.316. The maximum absolute atomic E-state index is 14.8. The first kappa shape index (κ1) is 34.5. The average molecular weight is 670 g/mol. The summed E-state index contributed by atoms with van der Waals surface area (Å²) in [4.78, 5) is 30.5. The second kappa shape index (κ2) is 15.8. The van der Waals surface area contributed by atoms with Crippen LogP contribution in [0.1, 0.15) is 42.4 Å². The van der Waals surface area contributed by atoms with Gasteiger partial charge < -0.3 is 19.7 Å². The fourth-order valence-electron chi connectivity index (χ4n) is 6.15. The zero-order valence-corrected chi connectivity index (χ0v) is 28.5. The number of ether oxygens (including phenoxy) is 2. The zero-order chi connectivity index (χ0) is 34.1. The highest BCUT2D eigenvalue weighted by Crippen LogP contribution is 2.36. The molecule has 0 bridgehead atoms. The Bertz CT molecular complexity index is 1790. The number of carbonyl (C=O) groups excluding carboxylic acids is 2. The van der Waals surface area contributed by atoms with Gasteiger partial charge >= 0.3 is 0 Å². The summed E-state index contributed by atoms with van der Waals surface area (Å²) in [6.07, 6.45) is 4.09. The Morgan fingerprint density at radius 2 is 1.50 bits per heavy atom. The second-order valence-corrected chi connectivity index (χ2v) is 13.9. The van der Waals surface area contributed by atoms with E-state index in [0.29, 0.717) is 5.75 Å². The maximum Gasteiger partial charge on any atom is 0.264 e. The standard InChI is InChI=1S/C38H43N3O6S/c1-28-13-12-16-30(23-28)26-40(35(24-29-14-6-4-7-15-29)38(43)39-31-17-10-11-18-31)37(42)27-41(48(44,45)33-19-8-5-9-20-33)34-25-32(46-2)21-22-36(34)47-3/h4-9,12-16,19-23,25,31,35H,10-11,17-18,24,26-27H2,1-3H3,(H,39,43)/t35-/m1/s1. The zero-order valence-electron chi connectivity index (χ0n) is 27.7. The lowest BCUT2D eigenvalue weighted by molar-refractivity contribution is -0.140. The number of anilines is 1. The molecule has 252 valence electrons. The summed E-state index contributed by atoms with van der Waals surface area (Å²) in [6, 6.07) is 29.2. The summed E-state index contributed by atoms with van der Waals surface area (Å²) >= 11 is 0. The first-order chi connectivity index (χ1) is 23.2. The summed E-state index contributed by atoms with van der Waals surface area (Å²) in [7, 11) is -1.38. The molecule has 0 radical (unpaired) electrons. The minimum Gasteiger partial charge on any atom is -0.497 e. The number of hydrogen-bond donors (Lipinski definition) is 1. The summed E-state index contributed by atoms with van der Waals surface area (Å²) in [5.74, 6) is -0.166. The van der Waals surface area contributed by atoms with Crippen molar-refractivity contribution >= 4 is 27.5 Å². The van der Waals surface area contributed by atoms with Gasteiger partial charge in [0.15, 0.2) is 0 Å². The summed E-state index contributed by atoms with van der Waals surface area (Å²) in [5, 5.41) is 3.20. The third kappa shape index (κ3) is 8.36. The number of nitrogens with one attached hydrogen (secondary N) is 1. The predicted octanol–water partition coefficient (Wildman–Crippen LogP) is 5.91. The molecule has 5 rings (SSSR count). The smallest absolute Gasteiger partial charge is 0.264 e. The number of methoxy groups -OCH3 is 2. The number of hydrogen-bond acceptors (Lipinski definition) is 6. The van der Waals surface area contributed by atoms with Crippen molar-refractivity contribution in [2.75, 3.05) is 25.1 Å². The molecule has 0 unspecified atom stereocenters. The number of benzene rings is 4. The van der Waals surface area contributed by atoms with Crippen molar-refractivity contribution in [2.24, 2.45) is 0 Å². The van der Waals surface area contributed by atoms with Crippen LogP contribution in [0.4, 0.5) is 5.69 Å². The number of sulfonamides is 1. The van der Waals surface area contributed by atoms with Crippen LogP contribution in [0, 0.1) is 6.92 Å². The lowest BCUT2D eigenvalue weighted by Gasteiger charge is -2.34. The number of carbonyl (C=O) groups is 2. The predicted molar refractivity (Wildman–Crippen MR) is 187 cm³/mol. The molecule has 48 heavy (non-hydrogen) atoms. The molecule has 10 heteroatoms. The molecule has 1 N–H and O–H groups in total. The lowest BCUT2D eigenvalue weighted by Crippen LogP contribution is -2.54. The molecule has 4 aromatic carbocycles. The van der Waals surface area contributed by atoms with Crippen LogP contribution in [0.2, 0.25) is 0 Å². The molecular formula is C38H43N3O6S. The van der Waals surface area contributed by atoms with Gasteiger partial charge in [-0.15, -0.1) is 0 Å². The Hall–Kier alpha value is -4.83. The third-order valence-corrected chi connectivity index (χ3v) is 10.4. The van der Waals surface area contributed by atoms with Crippen molar-refractivity contribution in [1.29, 1.82) is 0 Å². The van der Waals surface area contributed by atoms with Crippen molar-refractivity contribution in [2.45, 2.75) is 62.6 Å². The van der Waals surface area contributed by atoms with E-state index in [4.69, 9.17) is 9.47 Å². The fourth-order valence-corrected chi connectivity index (χ4v) is 7.59. The SMILES string of the molecule is COc1ccc(OC)c(N(CC(=O)N(Cc2cccc(C)c2)[C@H](Cc2ccccc2)C(=O)NC2CCCC2)S(=O)(=O)c2ccccc2)c1. The molecule has 1 fully saturated rings. The normalized spacial score (nSPS) is 13.8. The van der Waals surface area contributed by atoms with E-state index in [2.05, 4.69) is 5.32 Å². The molecule has 1 atom stereocenters. The highest BCUT2D eigenvalue weighted by atomic mass is 32.2. The van der Waals surface area contributed by atoms with Gasteiger partial charge in [0.25, 0.3) is 10.0 Å². The lowest BCUT2D eigenvalue weighted by atomic mass is 10.0. The van der Waals surface area contributed by atoms with Gasteiger partial charge in [-0.05, 0) is 55.2 Å². The van der Waals surface area contributed by atoms with Crippen LogP contribution in [0.3, 0.4) is 0 Å². The summed E-state index contributed by atoms with van der Waals surface area (Å²) < 4.78 is 40.8. The van der Waals surface area contributed by atoms with E-state index >= 15 is 0 Å². The van der Waals surface area contributed by atoms with Gasteiger partial charge in [-0.25, -0.2) is 8.42 Å². The maximum atomic E-state index is 14.8. The summed E-state index contributed by atoms with van der Waals surface area (Å²) in [6.45, 7) is 1.48. The number of aryl methyl sites for hydroxylation is 1. The molecule has 0 saturated heterocycles. The Morgan fingerprint density at radius 1 is 0.833 bits per heavy atom. The minimum atomic E-state index is -4.29. The average Bonchev–Trinajstić information content (AvgIpc) is 3.62. The van der Waals surface area contributed by atoms with E-state index in [-0.39, 0.29) is 41.2 Å². The second-order valence-electron chi connectivity index (χ2n) is 12.1. The molecule has 0 aliphatic heterocycles. The Labute approximate surface area is 283 Å². The highest BCUT2D eigenvalue weighted by molar-refractivity contribution is 7.92. The van der Waals surface area contributed by atoms with Gasteiger partial charge in [0.1, 0.15) is 24.1 Å². The van der Waals surface area contributed by atoms with Crippen LogP contribution in [0.15, 0.2) is 108 Å². The van der Waals surface area contributed by atoms with Crippen molar-refractivity contribution in [3.63, 3.8) is 0 Å². The summed E-state index contributed by atoms with van der Waals surface area (Å²) in [5.41, 5.74) is 2.85. The first-order valence-electron chi connectivity index (χ1n) is 16.2. The minimum absolute atomic E-state index is 0.00715. The van der Waals surface area contributed by atoms with Gasteiger partial charge in [-0.2, -0.15) is 0 Å². The molecule has 9 nitrogen and oxygen atoms in total. The van der Waals surface area contributed by atoms with Crippen LogP contribution < -0.4 is 19.1 Å². The van der Waals surface area contributed by atoms with Crippen LogP contribution in [-0.4, -0.2) is 58.0 Å². The Balaban J connectivity index is 1.61. The molecular weight excluding hydrogens is 627 g/mol. The van der Waals surface area contributed by atoms with Gasteiger partial charge in [0.05, 0.1) is 24.8 Å². The number of nitrogens with zero attached hydrogens (tertiary/aromatic N) is 2. The quantitative estimate of drug-likeness (QED) is 0.179. The van der Waals surface area contributed by atoms with Gasteiger partial charge in [-0.1, -0.05) is 91.2 Å². The topological polar surface area (TPSA) is 105 Å². The molecule has 0 heterocycles. The number of amides is 2. The largest absolute Gasteiger partial charge is 0.497 e. The molecule has 4 aromatic rings.